The van der Waals surface area contributed by atoms with E-state index in [-0.39, 0.29) is 11.1 Å². The highest BCUT2D eigenvalue weighted by Gasteiger charge is 2.23. The van der Waals surface area contributed by atoms with Gasteiger partial charge in [-0.1, -0.05) is 31.0 Å². The van der Waals surface area contributed by atoms with E-state index >= 15 is 0 Å². The maximum Gasteiger partial charge on any atom is 0.233 e. The number of hydrogen-bond donors (Lipinski definition) is 2. The molecule has 0 atom stereocenters. The number of nitrogens with two attached hydrogens (primary N) is 2. The Labute approximate surface area is 107 Å². The van der Waals surface area contributed by atoms with E-state index in [1.807, 2.05) is 11.8 Å². The number of amidine groups is 1. The Hall–Kier alpha value is -0.910. The molecule has 1 aliphatic rings. The summed E-state index contributed by atoms with van der Waals surface area (Å²) in [6, 6.07) is 0.415. The van der Waals surface area contributed by atoms with E-state index in [9.17, 15) is 4.79 Å². The van der Waals surface area contributed by atoms with Crippen molar-refractivity contribution in [2.24, 2.45) is 16.7 Å². The number of hydrazone groups is 1. The predicted octanol–water partition coefficient (Wildman–Crippen LogP) is 1.09. The highest BCUT2D eigenvalue weighted by atomic mass is 32.2. The first-order valence-electron chi connectivity index (χ1n) is 6.14. The molecule has 0 aromatic carbocycles. The summed E-state index contributed by atoms with van der Waals surface area (Å²) in [6.45, 7) is 2.79. The Morgan fingerprint density at radius 3 is 2.59 bits per heavy atom. The fourth-order valence-electron chi connectivity index (χ4n) is 2.29. The van der Waals surface area contributed by atoms with E-state index < -0.39 is 0 Å². The van der Waals surface area contributed by atoms with Crippen LogP contribution in [0.2, 0.25) is 0 Å². The molecule has 0 saturated heterocycles. The summed E-state index contributed by atoms with van der Waals surface area (Å²) in [4.78, 5) is 14.0. The normalized spacial score (nSPS) is 18.1. The molecule has 0 bridgehead atoms. The van der Waals surface area contributed by atoms with Crippen LogP contribution in [-0.2, 0) is 4.79 Å². The van der Waals surface area contributed by atoms with Crippen LogP contribution in [0.1, 0.15) is 39.0 Å². The van der Waals surface area contributed by atoms with Crippen molar-refractivity contribution in [3.8, 4) is 0 Å². The summed E-state index contributed by atoms with van der Waals surface area (Å²) >= 11 is 1.20. The predicted molar refractivity (Wildman–Crippen MR) is 72.5 cm³/mol. The second-order valence-electron chi connectivity index (χ2n) is 4.23. The standard InChI is InChI=1S/C11H22N4OS/c1-2-15(9-6-4-3-5-7-9)10(16)8-17-11(12)14-13/h9H,2-8,13H2,1H3,(H2,12,14). The summed E-state index contributed by atoms with van der Waals surface area (Å²) in [7, 11) is 0. The highest BCUT2D eigenvalue weighted by Crippen LogP contribution is 2.23. The van der Waals surface area contributed by atoms with Gasteiger partial charge in [0.25, 0.3) is 0 Å². The zero-order valence-corrected chi connectivity index (χ0v) is 11.2. The molecule has 0 unspecified atom stereocenters. The second-order valence-corrected chi connectivity index (χ2v) is 5.22. The number of hydrogen-bond acceptors (Lipinski definition) is 4. The van der Waals surface area contributed by atoms with Crippen LogP contribution in [0.25, 0.3) is 0 Å². The Balaban J connectivity index is 2.45. The van der Waals surface area contributed by atoms with Gasteiger partial charge in [0.05, 0.1) is 5.75 Å². The second kappa shape index (κ2) is 7.42. The minimum Gasteiger partial charge on any atom is -0.377 e. The van der Waals surface area contributed by atoms with E-state index in [2.05, 4.69) is 5.10 Å². The van der Waals surface area contributed by atoms with Crippen LogP contribution in [0.5, 0.6) is 0 Å². The molecule has 5 nitrogen and oxygen atoms in total. The SMILES string of the molecule is CCN(C(=O)CSC(N)=NN)C1CCCCC1. The largest absolute Gasteiger partial charge is 0.377 e. The molecule has 0 aromatic rings. The quantitative estimate of drug-likeness (QED) is 0.342. The van der Waals surface area contributed by atoms with Gasteiger partial charge in [-0.05, 0) is 19.8 Å². The summed E-state index contributed by atoms with van der Waals surface area (Å²) < 4.78 is 0. The zero-order valence-electron chi connectivity index (χ0n) is 10.4. The molecule has 17 heavy (non-hydrogen) atoms. The molecule has 1 fully saturated rings. The summed E-state index contributed by atoms with van der Waals surface area (Å²) in [5.74, 6) is 5.49. The lowest BCUT2D eigenvalue weighted by Gasteiger charge is -2.33. The first kappa shape index (κ1) is 14.2. The van der Waals surface area contributed by atoms with Crippen LogP contribution in [-0.4, -0.2) is 34.3 Å². The van der Waals surface area contributed by atoms with Crippen LogP contribution in [0.15, 0.2) is 5.10 Å². The van der Waals surface area contributed by atoms with E-state index in [1.54, 1.807) is 0 Å². The molecule has 1 saturated carbocycles. The Kier molecular flexibility index (Phi) is 6.18. The van der Waals surface area contributed by atoms with Gasteiger partial charge in [0.15, 0.2) is 5.17 Å². The molecule has 0 heterocycles. The van der Waals surface area contributed by atoms with Crippen molar-refractivity contribution in [3.05, 3.63) is 0 Å². The number of carbonyl (C=O) groups excluding carboxylic acids is 1. The van der Waals surface area contributed by atoms with Gasteiger partial charge in [-0.25, -0.2) is 0 Å². The smallest absolute Gasteiger partial charge is 0.233 e. The van der Waals surface area contributed by atoms with Gasteiger partial charge in [-0.15, -0.1) is 0 Å². The first-order valence-corrected chi connectivity index (χ1v) is 7.13. The van der Waals surface area contributed by atoms with Crippen molar-refractivity contribution in [2.45, 2.75) is 45.1 Å². The number of nitrogens with zero attached hydrogens (tertiary/aromatic N) is 2. The molecule has 0 aromatic heterocycles. The average molecular weight is 258 g/mol. The minimum absolute atomic E-state index is 0.135. The lowest BCUT2D eigenvalue weighted by atomic mass is 9.94. The summed E-state index contributed by atoms with van der Waals surface area (Å²) in [5, 5.41) is 3.61. The molecule has 0 radical (unpaired) electrons. The monoisotopic (exact) mass is 258 g/mol. The topological polar surface area (TPSA) is 84.7 Å². The number of thioether (sulfide) groups is 1. The van der Waals surface area contributed by atoms with Gasteiger partial charge in [-0.2, -0.15) is 5.10 Å². The van der Waals surface area contributed by atoms with Crippen molar-refractivity contribution < 1.29 is 4.79 Å². The van der Waals surface area contributed by atoms with Gasteiger partial charge in [0, 0.05) is 12.6 Å². The number of rotatable bonds is 4. The Bertz CT molecular complexity index is 277. The lowest BCUT2D eigenvalue weighted by molar-refractivity contribution is -0.131. The molecule has 0 aliphatic heterocycles. The van der Waals surface area contributed by atoms with E-state index in [1.165, 1.54) is 31.0 Å². The Morgan fingerprint density at radius 1 is 1.41 bits per heavy atom. The molecule has 1 rings (SSSR count). The van der Waals surface area contributed by atoms with Crippen molar-refractivity contribution >= 4 is 22.8 Å². The number of amides is 1. The van der Waals surface area contributed by atoms with Crippen molar-refractivity contribution in [1.82, 2.24) is 4.90 Å². The van der Waals surface area contributed by atoms with Crippen molar-refractivity contribution in [3.63, 3.8) is 0 Å². The molecule has 98 valence electrons. The molecule has 1 aliphatic carbocycles. The maximum absolute atomic E-state index is 12.0. The van der Waals surface area contributed by atoms with Crippen LogP contribution in [0.4, 0.5) is 0 Å². The molecule has 0 spiro atoms. The van der Waals surface area contributed by atoms with Crippen LogP contribution >= 0.6 is 11.8 Å². The van der Waals surface area contributed by atoms with Crippen LogP contribution < -0.4 is 11.6 Å². The summed E-state index contributed by atoms with van der Waals surface area (Å²) in [5.41, 5.74) is 5.46. The minimum atomic E-state index is 0.135. The fourth-order valence-corrected chi connectivity index (χ4v) is 2.80. The Morgan fingerprint density at radius 2 is 2.06 bits per heavy atom. The van der Waals surface area contributed by atoms with Crippen molar-refractivity contribution in [2.75, 3.05) is 12.3 Å². The van der Waals surface area contributed by atoms with Crippen molar-refractivity contribution in [1.29, 1.82) is 0 Å². The van der Waals surface area contributed by atoms with E-state index in [0.29, 0.717) is 11.8 Å². The van der Waals surface area contributed by atoms with Gasteiger partial charge < -0.3 is 16.5 Å². The van der Waals surface area contributed by atoms with Crippen LogP contribution in [0.3, 0.4) is 0 Å². The molecule has 4 N–H and O–H groups in total. The van der Waals surface area contributed by atoms with Gasteiger partial charge in [0.1, 0.15) is 0 Å². The third-order valence-corrected chi connectivity index (χ3v) is 3.94. The van der Waals surface area contributed by atoms with E-state index in [0.717, 1.165) is 19.4 Å². The third kappa shape index (κ3) is 4.46. The third-order valence-electron chi connectivity index (χ3n) is 3.15. The van der Waals surface area contributed by atoms with E-state index in [4.69, 9.17) is 11.6 Å². The maximum atomic E-state index is 12.0. The summed E-state index contributed by atoms with van der Waals surface area (Å²) in [6.07, 6.45) is 6.02. The van der Waals surface area contributed by atoms with Gasteiger partial charge in [0.2, 0.25) is 5.91 Å². The molecular formula is C11H22N4OS. The average Bonchev–Trinajstić information content (AvgIpc) is 2.38. The first-order chi connectivity index (χ1) is 8.19. The van der Waals surface area contributed by atoms with Gasteiger partial charge >= 0.3 is 0 Å². The number of carbonyl (C=O) groups is 1. The highest BCUT2D eigenvalue weighted by molar-refractivity contribution is 8.14. The lowest BCUT2D eigenvalue weighted by Crippen LogP contribution is -2.42. The molecule has 6 heteroatoms. The molecule has 1 amide bonds. The fraction of sp³-hybridized carbons (Fsp3) is 0.818. The van der Waals surface area contributed by atoms with Crippen LogP contribution in [0, 0.1) is 0 Å². The zero-order chi connectivity index (χ0) is 12.7. The molecular weight excluding hydrogens is 236 g/mol. The van der Waals surface area contributed by atoms with Gasteiger partial charge in [-0.3, -0.25) is 4.79 Å².